The monoisotopic (exact) mass is 567 g/mol. The van der Waals surface area contributed by atoms with E-state index in [1.807, 2.05) is 12.1 Å². The van der Waals surface area contributed by atoms with Crippen LogP contribution in [0, 0.1) is 17.3 Å². The minimum Gasteiger partial charge on any atom is -0.479 e. The summed E-state index contributed by atoms with van der Waals surface area (Å²) in [5, 5.41) is 39.4. The molecule has 5 rings (SSSR count). The van der Waals surface area contributed by atoms with Crippen molar-refractivity contribution in [2.45, 2.75) is 88.2 Å². The molecule has 201 valence electrons. The number of fused-ring (bicyclic) bond motifs is 5. The zero-order chi connectivity index (χ0) is 26.0. The summed E-state index contributed by atoms with van der Waals surface area (Å²) in [4.78, 5) is 11.3. The van der Waals surface area contributed by atoms with Crippen molar-refractivity contribution in [3.8, 4) is 5.75 Å². The normalized spacial score (nSPS) is 41.1. The van der Waals surface area contributed by atoms with Crippen molar-refractivity contribution in [2.24, 2.45) is 17.3 Å². The smallest absolute Gasteiger partial charge is 0.397 e. The Balaban J connectivity index is 0.00000320. The Hall–Kier alpha value is -0.164. The molecule has 1 aromatic rings. The summed E-state index contributed by atoms with van der Waals surface area (Å²) in [6.07, 6.45) is -4.17. The second kappa shape index (κ2) is 11.0. The molecular formula is C24H32KO11S. The van der Waals surface area contributed by atoms with E-state index < -0.39 is 53.2 Å². The fourth-order valence-corrected chi connectivity index (χ4v) is 7.78. The fourth-order valence-electron chi connectivity index (χ4n) is 7.17. The van der Waals surface area contributed by atoms with Gasteiger partial charge in [0.2, 0.25) is 6.29 Å². The van der Waals surface area contributed by atoms with E-state index in [1.54, 1.807) is 6.07 Å². The van der Waals surface area contributed by atoms with E-state index in [4.69, 9.17) is 13.7 Å². The molecular weight excluding hydrogens is 535 g/mol. The third kappa shape index (κ3) is 5.57. The number of hydrogen-bond acceptors (Lipinski definition) is 9. The number of aryl methyl sites for hydroxylation is 1. The van der Waals surface area contributed by atoms with Crippen molar-refractivity contribution in [1.29, 1.82) is 0 Å². The van der Waals surface area contributed by atoms with Crippen LogP contribution < -0.4 is 4.74 Å². The average molecular weight is 568 g/mol. The Morgan fingerprint density at radius 3 is 2.49 bits per heavy atom. The Labute approximate surface area is 257 Å². The second-order valence-corrected chi connectivity index (χ2v) is 11.8. The molecule has 5 N–H and O–H groups in total. The molecule has 13 heteroatoms. The number of aliphatic hydroxyl groups is 3. The molecule has 2 saturated carbocycles. The summed E-state index contributed by atoms with van der Waals surface area (Å²) in [7, 11) is -4.51. The number of benzene rings is 1. The van der Waals surface area contributed by atoms with E-state index in [-0.39, 0.29) is 68.6 Å². The van der Waals surface area contributed by atoms with Gasteiger partial charge in [-0.05, 0) is 85.0 Å². The molecule has 10 unspecified atom stereocenters. The summed E-state index contributed by atoms with van der Waals surface area (Å²) in [5.74, 6) is -0.200. The fraction of sp³-hybridized carbons (Fsp3) is 0.708. The Morgan fingerprint density at radius 2 is 1.81 bits per heavy atom. The number of ether oxygens (including phenoxy) is 2. The zero-order valence-electron chi connectivity index (χ0n) is 20.8. The maximum absolute atomic E-state index is 11.4. The minimum atomic E-state index is -4.51. The average Bonchev–Trinajstić information content (AvgIpc) is 3.13. The van der Waals surface area contributed by atoms with E-state index >= 15 is 0 Å². The van der Waals surface area contributed by atoms with Gasteiger partial charge in [0.25, 0.3) is 0 Å². The SMILES string of the molecule is CC12CCC3c4ccc(OC5OC(C(=O)O)C(O)C(O)C5O)cc4CCC3C1CCC2OS(=O)(=O)O.[K]. The molecule has 10 atom stereocenters. The Kier molecular flexibility index (Phi) is 8.87. The molecule has 0 spiro atoms. The number of carboxylic acids is 1. The quantitative estimate of drug-likeness (QED) is 0.249. The van der Waals surface area contributed by atoms with Gasteiger partial charge in [-0.1, -0.05) is 13.0 Å². The molecule has 1 aromatic carbocycles. The van der Waals surface area contributed by atoms with Gasteiger partial charge < -0.3 is 29.9 Å². The molecule has 37 heavy (non-hydrogen) atoms. The van der Waals surface area contributed by atoms with Crippen LogP contribution >= 0.6 is 0 Å². The molecule has 0 bridgehead atoms. The van der Waals surface area contributed by atoms with Gasteiger partial charge >= 0.3 is 16.4 Å². The van der Waals surface area contributed by atoms with Gasteiger partial charge in [0, 0.05) is 51.4 Å². The molecule has 11 nitrogen and oxygen atoms in total. The van der Waals surface area contributed by atoms with Gasteiger partial charge in [-0.25, -0.2) is 8.98 Å². The van der Waals surface area contributed by atoms with Crippen LogP contribution in [0.5, 0.6) is 5.75 Å². The molecule has 1 aliphatic heterocycles. The topological polar surface area (TPSA) is 180 Å². The van der Waals surface area contributed by atoms with Gasteiger partial charge in [0.05, 0.1) is 6.10 Å². The summed E-state index contributed by atoms with van der Waals surface area (Å²) in [5.41, 5.74) is 1.93. The van der Waals surface area contributed by atoms with E-state index in [2.05, 4.69) is 6.92 Å². The Bertz CT molecular complexity index is 1130. The summed E-state index contributed by atoms with van der Waals surface area (Å²) in [6.45, 7) is 2.06. The van der Waals surface area contributed by atoms with E-state index in [9.17, 15) is 38.2 Å². The first kappa shape index (κ1) is 29.8. The van der Waals surface area contributed by atoms with Crippen molar-refractivity contribution >= 4 is 67.8 Å². The molecule has 1 radical (unpaired) electrons. The summed E-state index contributed by atoms with van der Waals surface area (Å²) >= 11 is 0. The molecule has 3 fully saturated rings. The Morgan fingerprint density at radius 1 is 1.08 bits per heavy atom. The van der Waals surface area contributed by atoms with Crippen molar-refractivity contribution < 1.29 is 51.8 Å². The second-order valence-electron chi connectivity index (χ2n) is 10.8. The van der Waals surface area contributed by atoms with E-state index in [0.717, 1.165) is 37.7 Å². The maximum atomic E-state index is 11.4. The van der Waals surface area contributed by atoms with Gasteiger partial charge in [-0.15, -0.1) is 0 Å². The number of carboxylic acid groups (broad SMARTS) is 1. The number of aliphatic carboxylic acids is 1. The molecule has 4 aliphatic rings. The minimum absolute atomic E-state index is 0. The predicted octanol–water partition coefficient (Wildman–Crippen LogP) is 0.621. The zero-order valence-corrected chi connectivity index (χ0v) is 24.7. The van der Waals surface area contributed by atoms with Crippen LogP contribution in [0.1, 0.15) is 56.1 Å². The first-order chi connectivity index (χ1) is 16.9. The first-order valence-electron chi connectivity index (χ1n) is 12.3. The van der Waals surface area contributed by atoms with Crippen molar-refractivity contribution in [3.63, 3.8) is 0 Å². The number of rotatable bonds is 5. The van der Waals surface area contributed by atoms with Crippen LogP contribution in [0.2, 0.25) is 0 Å². The molecule has 3 aliphatic carbocycles. The predicted molar refractivity (Wildman–Crippen MR) is 128 cm³/mol. The van der Waals surface area contributed by atoms with Gasteiger partial charge in [-0.2, -0.15) is 8.42 Å². The number of carbonyl (C=O) groups is 1. The standard InChI is InChI=1S/C24H32O11S.K/c1-24-9-8-14-13-5-3-12(33-23-20(27)18(25)19(26)21(34-23)22(28)29)10-11(13)2-4-15(14)16(24)6-7-17(24)35-36(30,31)32;/h3,5,10,14-21,23,25-27H,2,4,6-9H2,1H3,(H,28,29)(H,30,31,32);. The van der Waals surface area contributed by atoms with Crippen molar-refractivity contribution in [1.82, 2.24) is 0 Å². The summed E-state index contributed by atoms with van der Waals surface area (Å²) in [6, 6.07) is 5.51. The molecule has 0 aromatic heterocycles. The van der Waals surface area contributed by atoms with Crippen molar-refractivity contribution in [2.75, 3.05) is 0 Å². The summed E-state index contributed by atoms with van der Waals surface area (Å²) < 4.78 is 48.0. The first-order valence-corrected chi connectivity index (χ1v) is 13.6. The molecule has 1 heterocycles. The van der Waals surface area contributed by atoms with Crippen LogP contribution in [0.4, 0.5) is 0 Å². The third-order valence-corrected chi connectivity index (χ3v) is 9.39. The van der Waals surface area contributed by atoms with E-state index in [0.29, 0.717) is 18.1 Å². The largest absolute Gasteiger partial charge is 0.479 e. The van der Waals surface area contributed by atoms with Crippen LogP contribution in [-0.2, 0) is 30.5 Å². The molecule has 0 amide bonds. The van der Waals surface area contributed by atoms with Gasteiger partial charge in [0.15, 0.2) is 6.10 Å². The van der Waals surface area contributed by atoms with Crippen LogP contribution in [0.3, 0.4) is 0 Å². The maximum Gasteiger partial charge on any atom is 0.397 e. The molecule has 1 saturated heterocycles. The third-order valence-electron chi connectivity index (χ3n) is 8.91. The van der Waals surface area contributed by atoms with Crippen molar-refractivity contribution in [3.05, 3.63) is 29.3 Å². The van der Waals surface area contributed by atoms with Crippen LogP contribution in [0.15, 0.2) is 18.2 Å². The van der Waals surface area contributed by atoms with Gasteiger partial charge in [0.1, 0.15) is 24.1 Å². The van der Waals surface area contributed by atoms with Crippen LogP contribution in [0.25, 0.3) is 0 Å². The van der Waals surface area contributed by atoms with Crippen LogP contribution in [-0.4, -0.2) is 128 Å². The number of hydrogen-bond donors (Lipinski definition) is 5. The van der Waals surface area contributed by atoms with Gasteiger partial charge in [-0.3, -0.25) is 4.55 Å². The van der Waals surface area contributed by atoms with E-state index in [1.165, 1.54) is 5.56 Å². The number of aliphatic hydroxyl groups excluding tert-OH is 3.